The molecule has 0 unspecified atom stereocenters. The number of halogens is 1. The number of hydrogen-bond donors (Lipinski definition) is 0. The van der Waals surface area contributed by atoms with Gasteiger partial charge in [0, 0.05) is 10.8 Å². The van der Waals surface area contributed by atoms with E-state index in [9.17, 15) is 4.79 Å². The summed E-state index contributed by atoms with van der Waals surface area (Å²) >= 11 is 2.30. The summed E-state index contributed by atoms with van der Waals surface area (Å²) in [4.78, 5) is 11.4. The van der Waals surface area contributed by atoms with Crippen LogP contribution in [0.1, 0.15) is 18.9 Å². The Labute approximate surface area is 111 Å². The van der Waals surface area contributed by atoms with Crippen LogP contribution in [0.4, 0.5) is 0 Å². The second-order valence-corrected chi connectivity index (χ2v) is 4.81. The molecule has 0 radical (unpaired) electrons. The summed E-state index contributed by atoms with van der Waals surface area (Å²) in [5, 5.41) is 0. The summed E-state index contributed by atoms with van der Waals surface area (Å²) in [7, 11) is 0. The number of alkyl halides is 1. The van der Waals surface area contributed by atoms with E-state index in [0.717, 1.165) is 10.8 Å². The minimum Gasteiger partial charge on any atom is -0.465 e. The molecular weight excluding hydrogens is 315 g/mol. The molecule has 1 aromatic rings. The first kappa shape index (κ1) is 13.5. The maximum Gasteiger partial charge on any atom is 0.306 e. The Morgan fingerprint density at radius 3 is 2.69 bits per heavy atom. The molecule has 0 amide bonds. The molecule has 1 rings (SSSR count). The first-order valence-electron chi connectivity index (χ1n) is 5.48. The molecule has 0 saturated carbocycles. The molecule has 0 saturated heterocycles. The van der Waals surface area contributed by atoms with E-state index in [2.05, 4.69) is 29.5 Å². The molecule has 0 aromatic heterocycles. The van der Waals surface area contributed by atoms with Crippen molar-refractivity contribution in [3.8, 4) is 0 Å². The van der Waals surface area contributed by atoms with E-state index in [1.807, 2.05) is 30.3 Å². The van der Waals surface area contributed by atoms with Crippen LogP contribution in [0, 0.1) is 5.92 Å². The maximum atomic E-state index is 11.4. The van der Waals surface area contributed by atoms with Gasteiger partial charge in [0.15, 0.2) is 0 Å². The molecule has 88 valence electrons. The largest absolute Gasteiger partial charge is 0.465 e. The van der Waals surface area contributed by atoms with Crippen LogP contribution in [-0.2, 0) is 16.0 Å². The van der Waals surface area contributed by atoms with Crippen LogP contribution >= 0.6 is 22.6 Å². The van der Waals surface area contributed by atoms with E-state index in [-0.39, 0.29) is 5.97 Å². The quantitative estimate of drug-likeness (QED) is 0.454. The summed E-state index contributed by atoms with van der Waals surface area (Å²) in [6.45, 7) is 2.62. The number of aryl methyl sites for hydroxylation is 1. The Balaban J connectivity index is 2.20. The van der Waals surface area contributed by atoms with Crippen molar-refractivity contribution in [2.24, 2.45) is 5.92 Å². The highest BCUT2D eigenvalue weighted by atomic mass is 127. The highest BCUT2D eigenvalue weighted by Crippen LogP contribution is 2.05. The summed E-state index contributed by atoms with van der Waals surface area (Å²) in [5.74, 6) is 0.349. The van der Waals surface area contributed by atoms with Crippen molar-refractivity contribution in [1.29, 1.82) is 0 Å². The van der Waals surface area contributed by atoms with Crippen LogP contribution in [0.2, 0.25) is 0 Å². The normalized spacial score (nSPS) is 12.1. The van der Waals surface area contributed by atoms with Gasteiger partial charge in [-0.2, -0.15) is 0 Å². The lowest BCUT2D eigenvalue weighted by molar-refractivity contribution is -0.144. The first-order chi connectivity index (χ1) is 7.72. The standard InChI is InChI=1S/C13H17IO2/c1-11(9-14)10-16-13(15)8-7-12-5-3-2-4-6-12/h2-6,11H,7-10H2,1H3/t11-/m0/s1. The molecule has 0 aliphatic carbocycles. The van der Waals surface area contributed by atoms with Crippen LogP contribution < -0.4 is 0 Å². The molecular formula is C13H17IO2. The van der Waals surface area contributed by atoms with Gasteiger partial charge in [0.1, 0.15) is 0 Å². The van der Waals surface area contributed by atoms with Gasteiger partial charge in [0.25, 0.3) is 0 Å². The van der Waals surface area contributed by atoms with E-state index >= 15 is 0 Å². The molecule has 1 aromatic carbocycles. The molecule has 0 spiro atoms. The van der Waals surface area contributed by atoms with Crippen molar-refractivity contribution in [3.63, 3.8) is 0 Å². The summed E-state index contributed by atoms with van der Waals surface area (Å²) in [5.41, 5.74) is 1.18. The average molecular weight is 332 g/mol. The van der Waals surface area contributed by atoms with Gasteiger partial charge in [-0.3, -0.25) is 4.79 Å². The lowest BCUT2D eigenvalue weighted by atomic mass is 10.1. The third kappa shape index (κ3) is 5.49. The summed E-state index contributed by atoms with van der Waals surface area (Å²) in [6.07, 6.45) is 1.23. The Bertz CT molecular complexity index is 311. The summed E-state index contributed by atoms with van der Waals surface area (Å²) < 4.78 is 6.19. The van der Waals surface area contributed by atoms with E-state index in [1.165, 1.54) is 5.56 Å². The Hall–Kier alpha value is -0.580. The molecule has 0 aliphatic rings. The average Bonchev–Trinajstić information content (AvgIpc) is 2.34. The highest BCUT2D eigenvalue weighted by Gasteiger charge is 2.06. The minimum absolute atomic E-state index is 0.0967. The fourth-order valence-corrected chi connectivity index (χ4v) is 1.50. The zero-order chi connectivity index (χ0) is 11.8. The molecule has 0 fully saturated rings. The lowest BCUT2D eigenvalue weighted by Gasteiger charge is -2.08. The SMILES string of the molecule is C[C@@H](CI)COC(=O)CCc1ccccc1. The fraction of sp³-hybridized carbons (Fsp3) is 0.462. The lowest BCUT2D eigenvalue weighted by Crippen LogP contribution is -2.13. The predicted molar refractivity (Wildman–Crippen MR) is 73.8 cm³/mol. The molecule has 3 heteroatoms. The number of esters is 1. The number of rotatable bonds is 6. The summed E-state index contributed by atoms with van der Waals surface area (Å²) in [6, 6.07) is 10.0. The Morgan fingerprint density at radius 2 is 2.06 bits per heavy atom. The molecule has 0 aliphatic heterocycles. The number of hydrogen-bond acceptors (Lipinski definition) is 2. The van der Waals surface area contributed by atoms with E-state index < -0.39 is 0 Å². The van der Waals surface area contributed by atoms with Gasteiger partial charge in [-0.15, -0.1) is 0 Å². The fourth-order valence-electron chi connectivity index (χ4n) is 1.24. The van der Waals surface area contributed by atoms with Gasteiger partial charge in [-0.1, -0.05) is 59.8 Å². The van der Waals surface area contributed by atoms with Crippen molar-refractivity contribution in [1.82, 2.24) is 0 Å². The number of benzene rings is 1. The van der Waals surface area contributed by atoms with E-state index in [0.29, 0.717) is 18.9 Å². The molecule has 16 heavy (non-hydrogen) atoms. The molecule has 0 N–H and O–H groups in total. The van der Waals surface area contributed by atoms with E-state index in [1.54, 1.807) is 0 Å². The third-order valence-electron chi connectivity index (χ3n) is 2.25. The number of carbonyl (C=O) groups excluding carboxylic acids is 1. The minimum atomic E-state index is -0.0967. The molecule has 0 heterocycles. The van der Waals surface area contributed by atoms with Crippen molar-refractivity contribution in [3.05, 3.63) is 35.9 Å². The van der Waals surface area contributed by atoms with Crippen LogP contribution in [0.3, 0.4) is 0 Å². The van der Waals surface area contributed by atoms with Crippen molar-refractivity contribution in [2.75, 3.05) is 11.0 Å². The number of carbonyl (C=O) groups is 1. The highest BCUT2D eigenvalue weighted by molar-refractivity contribution is 14.1. The topological polar surface area (TPSA) is 26.3 Å². The number of ether oxygens (including phenoxy) is 1. The molecule has 2 nitrogen and oxygen atoms in total. The first-order valence-corrected chi connectivity index (χ1v) is 7.00. The van der Waals surface area contributed by atoms with Crippen molar-refractivity contribution >= 4 is 28.6 Å². The van der Waals surface area contributed by atoms with Crippen molar-refractivity contribution < 1.29 is 9.53 Å². The van der Waals surface area contributed by atoms with Gasteiger partial charge in [-0.05, 0) is 17.9 Å². The maximum absolute atomic E-state index is 11.4. The zero-order valence-electron chi connectivity index (χ0n) is 9.49. The second-order valence-electron chi connectivity index (χ2n) is 3.93. The van der Waals surface area contributed by atoms with Crippen molar-refractivity contribution in [2.45, 2.75) is 19.8 Å². The van der Waals surface area contributed by atoms with Crippen LogP contribution in [-0.4, -0.2) is 17.0 Å². The van der Waals surface area contributed by atoms with Gasteiger partial charge in [0.05, 0.1) is 6.61 Å². The molecule has 1 atom stereocenters. The Kier molecular flexibility index (Phi) is 6.45. The third-order valence-corrected chi connectivity index (χ3v) is 3.76. The van der Waals surface area contributed by atoms with Gasteiger partial charge in [0.2, 0.25) is 0 Å². The molecule has 0 bridgehead atoms. The van der Waals surface area contributed by atoms with Crippen LogP contribution in [0.5, 0.6) is 0 Å². The van der Waals surface area contributed by atoms with Crippen LogP contribution in [0.25, 0.3) is 0 Å². The monoisotopic (exact) mass is 332 g/mol. The smallest absolute Gasteiger partial charge is 0.306 e. The zero-order valence-corrected chi connectivity index (χ0v) is 11.6. The second kappa shape index (κ2) is 7.65. The Morgan fingerprint density at radius 1 is 1.38 bits per heavy atom. The van der Waals surface area contributed by atoms with E-state index in [4.69, 9.17) is 4.74 Å². The van der Waals surface area contributed by atoms with Gasteiger partial charge >= 0.3 is 5.97 Å². The van der Waals surface area contributed by atoms with Gasteiger partial charge < -0.3 is 4.74 Å². The van der Waals surface area contributed by atoms with Gasteiger partial charge in [-0.25, -0.2) is 0 Å². The predicted octanol–water partition coefficient (Wildman–Crippen LogP) is 3.23. The van der Waals surface area contributed by atoms with Crippen LogP contribution in [0.15, 0.2) is 30.3 Å².